The molecule has 0 saturated heterocycles. The van der Waals surface area contributed by atoms with Gasteiger partial charge in [-0.25, -0.2) is 4.79 Å². The van der Waals surface area contributed by atoms with E-state index in [1.165, 1.54) is 0 Å². The van der Waals surface area contributed by atoms with Gasteiger partial charge < -0.3 is 21.3 Å². The number of amides is 4. The minimum Gasteiger partial charge on any atom is -0.336 e. The highest BCUT2D eigenvalue weighted by Crippen LogP contribution is 2.23. The predicted molar refractivity (Wildman–Crippen MR) is 133 cm³/mol. The lowest BCUT2D eigenvalue weighted by atomic mass is 10.0. The van der Waals surface area contributed by atoms with Crippen molar-refractivity contribution >= 4 is 40.8 Å². The Morgan fingerprint density at radius 2 is 1.56 bits per heavy atom. The van der Waals surface area contributed by atoms with E-state index in [2.05, 4.69) is 21.3 Å². The van der Waals surface area contributed by atoms with Crippen molar-refractivity contribution in [1.29, 1.82) is 0 Å². The maximum atomic E-state index is 13.1. The van der Waals surface area contributed by atoms with E-state index in [4.69, 9.17) is 11.6 Å². The molecule has 0 heterocycles. The topological polar surface area (TPSA) is 99.3 Å². The third-order valence-corrected chi connectivity index (χ3v) is 5.83. The van der Waals surface area contributed by atoms with Crippen molar-refractivity contribution in [3.8, 4) is 0 Å². The summed E-state index contributed by atoms with van der Waals surface area (Å²) in [6.45, 7) is 1.88. The molecule has 1 fully saturated rings. The highest BCUT2D eigenvalue weighted by molar-refractivity contribution is 6.31. The number of carbonyl (C=O) groups excluding carboxylic acids is 3. The molecule has 3 aromatic carbocycles. The molecule has 4 amide bonds. The Kier molecular flexibility index (Phi) is 7.13. The van der Waals surface area contributed by atoms with Gasteiger partial charge in [-0.05, 0) is 67.3 Å². The highest BCUT2D eigenvalue weighted by atomic mass is 35.5. The van der Waals surface area contributed by atoms with Gasteiger partial charge in [-0.2, -0.15) is 0 Å². The average Bonchev–Trinajstić information content (AvgIpc) is 3.64. The lowest BCUT2D eigenvalue weighted by Crippen LogP contribution is -2.37. The number of hydrogen-bond donors (Lipinski definition) is 4. The summed E-state index contributed by atoms with van der Waals surface area (Å²) < 4.78 is 0. The Hall–Kier alpha value is -3.84. The third-order valence-electron chi connectivity index (χ3n) is 5.43. The molecule has 4 rings (SSSR count). The maximum Gasteiger partial charge on any atom is 0.319 e. The van der Waals surface area contributed by atoms with E-state index in [1.807, 2.05) is 19.1 Å². The molecule has 1 unspecified atom stereocenters. The Labute approximate surface area is 202 Å². The molecule has 0 aromatic heterocycles. The smallest absolute Gasteiger partial charge is 0.319 e. The van der Waals surface area contributed by atoms with Crippen LogP contribution in [0.25, 0.3) is 0 Å². The van der Waals surface area contributed by atoms with Crippen molar-refractivity contribution in [2.24, 2.45) is 0 Å². The lowest BCUT2D eigenvalue weighted by Gasteiger charge is -2.19. The molecule has 8 heteroatoms. The highest BCUT2D eigenvalue weighted by Gasteiger charge is 2.24. The number of hydrogen-bond acceptors (Lipinski definition) is 3. The standard InChI is InChI=1S/C26H25ClN4O3/c1-16-7-10-21(15-22(16)27)28-25(33)23(17-5-3-2-4-6-17)31-24(32)18-8-11-19(12-9-18)29-26(34)30-20-13-14-20/h2-12,15,20,23H,13-14H2,1H3,(H,28,33)(H,31,32)(H2,29,30,34). The van der Waals surface area contributed by atoms with Gasteiger partial charge in [-0.15, -0.1) is 0 Å². The van der Waals surface area contributed by atoms with Gasteiger partial charge in [0.2, 0.25) is 0 Å². The number of halogens is 1. The molecule has 0 radical (unpaired) electrons. The number of carbonyl (C=O) groups is 3. The maximum absolute atomic E-state index is 13.1. The molecule has 4 N–H and O–H groups in total. The Bertz CT molecular complexity index is 1190. The van der Waals surface area contributed by atoms with Crippen molar-refractivity contribution in [2.75, 3.05) is 10.6 Å². The molecule has 174 valence electrons. The molecule has 0 bridgehead atoms. The number of anilines is 2. The fraction of sp³-hybridized carbons (Fsp3) is 0.192. The van der Waals surface area contributed by atoms with Gasteiger partial charge in [0.25, 0.3) is 11.8 Å². The van der Waals surface area contributed by atoms with Gasteiger partial charge in [0.1, 0.15) is 6.04 Å². The van der Waals surface area contributed by atoms with Gasteiger partial charge >= 0.3 is 6.03 Å². The van der Waals surface area contributed by atoms with Crippen LogP contribution in [0.2, 0.25) is 5.02 Å². The molecule has 1 saturated carbocycles. The molecule has 1 aliphatic rings. The monoisotopic (exact) mass is 476 g/mol. The van der Waals surface area contributed by atoms with Crippen LogP contribution in [0, 0.1) is 6.92 Å². The second-order valence-corrected chi connectivity index (χ2v) is 8.63. The molecule has 3 aromatic rings. The van der Waals surface area contributed by atoms with Crippen LogP contribution < -0.4 is 21.3 Å². The first-order chi connectivity index (χ1) is 16.4. The summed E-state index contributed by atoms with van der Waals surface area (Å²) in [6, 6.07) is 19.8. The molecule has 0 spiro atoms. The fourth-order valence-electron chi connectivity index (χ4n) is 3.33. The number of urea groups is 1. The van der Waals surface area contributed by atoms with E-state index in [0.29, 0.717) is 27.5 Å². The van der Waals surface area contributed by atoms with Crippen LogP contribution in [-0.2, 0) is 4.79 Å². The number of rotatable bonds is 7. The van der Waals surface area contributed by atoms with Gasteiger partial charge in [-0.1, -0.05) is 48.0 Å². The van der Waals surface area contributed by atoms with Gasteiger partial charge in [-0.3, -0.25) is 9.59 Å². The minimum absolute atomic E-state index is 0.252. The zero-order chi connectivity index (χ0) is 24.1. The van der Waals surface area contributed by atoms with Crippen LogP contribution in [0.5, 0.6) is 0 Å². The van der Waals surface area contributed by atoms with Crippen LogP contribution in [0.1, 0.15) is 40.4 Å². The average molecular weight is 477 g/mol. The molecular weight excluding hydrogens is 452 g/mol. The van der Waals surface area contributed by atoms with Crippen molar-refractivity contribution in [2.45, 2.75) is 31.8 Å². The second kappa shape index (κ2) is 10.4. The first-order valence-electron chi connectivity index (χ1n) is 11.0. The van der Waals surface area contributed by atoms with Crippen molar-refractivity contribution in [3.63, 3.8) is 0 Å². The summed E-state index contributed by atoms with van der Waals surface area (Å²) in [5.41, 5.74) is 3.01. The summed E-state index contributed by atoms with van der Waals surface area (Å²) in [7, 11) is 0. The predicted octanol–water partition coefficient (Wildman–Crippen LogP) is 5.04. The van der Waals surface area contributed by atoms with Gasteiger partial charge in [0.05, 0.1) is 0 Å². The summed E-state index contributed by atoms with van der Waals surface area (Å²) >= 11 is 6.18. The van der Waals surface area contributed by atoms with E-state index in [9.17, 15) is 14.4 Å². The van der Waals surface area contributed by atoms with E-state index in [0.717, 1.165) is 18.4 Å². The molecular formula is C26H25ClN4O3. The number of nitrogens with one attached hydrogen (secondary N) is 4. The largest absolute Gasteiger partial charge is 0.336 e. The lowest BCUT2D eigenvalue weighted by molar-refractivity contribution is -0.118. The zero-order valence-corrected chi connectivity index (χ0v) is 19.4. The SMILES string of the molecule is Cc1ccc(NC(=O)C(NC(=O)c2ccc(NC(=O)NC3CC3)cc2)c2ccccc2)cc1Cl. The molecule has 1 atom stereocenters. The third kappa shape index (κ3) is 6.14. The number of benzene rings is 3. The summed E-state index contributed by atoms with van der Waals surface area (Å²) in [5, 5.41) is 11.8. The summed E-state index contributed by atoms with van der Waals surface area (Å²) in [5.74, 6) is -0.811. The van der Waals surface area contributed by atoms with Crippen molar-refractivity contribution in [3.05, 3.63) is 94.5 Å². The van der Waals surface area contributed by atoms with E-state index >= 15 is 0 Å². The van der Waals surface area contributed by atoms with Crippen molar-refractivity contribution in [1.82, 2.24) is 10.6 Å². The van der Waals surface area contributed by atoms with Crippen LogP contribution in [0.4, 0.5) is 16.2 Å². The molecule has 1 aliphatic carbocycles. The fourth-order valence-corrected chi connectivity index (χ4v) is 3.51. The molecule has 7 nitrogen and oxygen atoms in total. The molecule has 0 aliphatic heterocycles. The quantitative estimate of drug-likeness (QED) is 0.384. The van der Waals surface area contributed by atoms with E-state index in [1.54, 1.807) is 60.7 Å². The van der Waals surface area contributed by atoms with Gasteiger partial charge in [0.15, 0.2) is 0 Å². The minimum atomic E-state index is -0.920. The van der Waals surface area contributed by atoms with E-state index in [-0.39, 0.29) is 12.1 Å². The van der Waals surface area contributed by atoms with Crippen LogP contribution in [-0.4, -0.2) is 23.9 Å². The van der Waals surface area contributed by atoms with Gasteiger partial charge in [0, 0.05) is 28.0 Å². The van der Waals surface area contributed by atoms with Crippen LogP contribution in [0.15, 0.2) is 72.8 Å². The molecule has 34 heavy (non-hydrogen) atoms. The summed E-state index contributed by atoms with van der Waals surface area (Å²) in [6.07, 6.45) is 2.00. The van der Waals surface area contributed by atoms with Crippen molar-refractivity contribution < 1.29 is 14.4 Å². The number of aryl methyl sites for hydroxylation is 1. The Morgan fingerprint density at radius 1 is 0.882 bits per heavy atom. The van der Waals surface area contributed by atoms with Crippen LogP contribution >= 0.6 is 11.6 Å². The zero-order valence-electron chi connectivity index (χ0n) is 18.6. The Morgan fingerprint density at radius 3 is 2.21 bits per heavy atom. The van der Waals surface area contributed by atoms with Crippen LogP contribution in [0.3, 0.4) is 0 Å². The Balaban J connectivity index is 1.46. The normalized spacial score (nSPS) is 13.5. The second-order valence-electron chi connectivity index (χ2n) is 8.22. The van der Waals surface area contributed by atoms with E-state index < -0.39 is 17.9 Å². The first-order valence-corrected chi connectivity index (χ1v) is 11.4. The first kappa shape index (κ1) is 23.3. The summed E-state index contributed by atoms with van der Waals surface area (Å²) in [4.78, 5) is 38.0.